The van der Waals surface area contributed by atoms with Gasteiger partial charge in [0.1, 0.15) is 0 Å². The first kappa shape index (κ1) is 16.9. The fraction of sp³-hybridized carbons (Fsp3) is 0.625. The van der Waals surface area contributed by atoms with Crippen LogP contribution >= 0.6 is 0 Å². The lowest BCUT2D eigenvalue weighted by molar-refractivity contribution is -0.384. The van der Waals surface area contributed by atoms with Gasteiger partial charge in [0.05, 0.1) is 11.6 Å². The number of nitrogens with zero attached hydrogens (tertiary/aromatic N) is 3. The zero-order valence-corrected chi connectivity index (χ0v) is 13.5. The average molecular weight is 306 g/mol. The summed E-state index contributed by atoms with van der Waals surface area (Å²) in [6.45, 7) is 10.7. The Morgan fingerprint density at radius 1 is 1.18 bits per heavy atom. The number of hydrogen-bond donors (Lipinski definition) is 1. The third kappa shape index (κ3) is 5.36. The Kier molecular flexibility index (Phi) is 6.30. The van der Waals surface area contributed by atoms with Crippen LogP contribution in [0.3, 0.4) is 0 Å². The van der Waals surface area contributed by atoms with Crippen molar-refractivity contribution in [2.45, 2.75) is 26.3 Å². The monoisotopic (exact) mass is 306 g/mol. The maximum absolute atomic E-state index is 10.6. The molecule has 122 valence electrons. The number of hydrogen-bond acceptors (Lipinski definition) is 5. The highest BCUT2D eigenvalue weighted by Crippen LogP contribution is 2.13. The summed E-state index contributed by atoms with van der Waals surface area (Å²) in [5.41, 5.74) is 1.32. The molecule has 1 heterocycles. The van der Waals surface area contributed by atoms with Crippen LogP contribution < -0.4 is 5.32 Å². The second-order valence-corrected chi connectivity index (χ2v) is 6.16. The quantitative estimate of drug-likeness (QED) is 0.585. The zero-order valence-electron chi connectivity index (χ0n) is 13.5. The summed E-state index contributed by atoms with van der Waals surface area (Å²) in [4.78, 5) is 15.2. The van der Waals surface area contributed by atoms with Gasteiger partial charge in [-0.25, -0.2) is 0 Å². The van der Waals surface area contributed by atoms with E-state index in [1.54, 1.807) is 12.1 Å². The van der Waals surface area contributed by atoms with Gasteiger partial charge in [-0.2, -0.15) is 0 Å². The summed E-state index contributed by atoms with van der Waals surface area (Å²) in [6, 6.07) is 7.43. The normalized spacial score (nSPS) is 16.5. The van der Waals surface area contributed by atoms with Crippen LogP contribution in [0, 0.1) is 10.1 Å². The minimum absolute atomic E-state index is 0.161. The average Bonchev–Trinajstić information content (AvgIpc) is 2.93. The van der Waals surface area contributed by atoms with Crippen LogP contribution in [-0.2, 0) is 6.42 Å². The van der Waals surface area contributed by atoms with E-state index >= 15 is 0 Å². The van der Waals surface area contributed by atoms with Gasteiger partial charge in [-0.15, -0.1) is 0 Å². The Bertz CT molecular complexity index is 476. The smallest absolute Gasteiger partial charge is 0.269 e. The lowest BCUT2D eigenvalue weighted by Crippen LogP contribution is -2.35. The molecule has 0 unspecified atom stereocenters. The fourth-order valence-electron chi connectivity index (χ4n) is 2.66. The fourth-order valence-corrected chi connectivity index (χ4v) is 2.66. The molecule has 0 radical (unpaired) electrons. The summed E-state index contributed by atoms with van der Waals surface area (Å²) in [5.74, 6) is 0. The van der Waals surface area contributed by atoms with Crippen LogP contribution in [-0.4, -0.2) is 60.2 Å². The summed E-state index contributed by atoms with van der Waals surface area (Å²) in [7, 11) is 0. The molecule has 1 fully saturated rings. The molecule has 0 atom stereocenters. The van der Waals surface area contributed by atoms with Crippen molar-refractivity contribution in [1.29, 1.82) is 0 Å². The summed E-state index contributed by atoms with van der Waals surface area (Å²) in [6.07, 6.45) is 0.941. The predicted octanol–water partition coefficient (Wildman–Crippen LogP) is 1.71. The van der Waals surface area contributed by atoms with Crippen LogP contribution in [0.1, 0.15) is 19.4 Å². The van der Waals surface area contributed by atoms with E-state index in [-0.39, 0.29) is 10.6 Å². The van der Waals surface area contributed by atoms with E-state index in [2.05, 4.69) is 29.0 Å². The van der Waals surface area contributed by atoms with E-state index < -0.39 is 0 Å². The first-order chi connectivity index (χ1) is 10.5. The van der Waals surface area contributed by atoms with E-state index in [0.29, 0.717) is 6.04 Å². The van der Waals surface area contributed by atoms with Gasteiger partial charge in [-0.1, -0.05) is 26.0 Å². The van der Waals surface area contributed by atoms with Gasteiger partial charge in [0.15, 0.2) is 0 Å². The number of rotatable bonds is 8. The van der Waals surface area contributed by atoms with Gasteiger partial charge in [0, 0.05) is 50.9 Å². The maximum atomic E-state index is 10.6. The highest BCUT2D eigenvalue weighted by Gasteiger charge is 2.18. The maximum Gasteiger partial charge on any atom is 0.269 e. The third-order valence-corrected chi connectivity index (χ3v) is 3.98. The standard InChI is InChI=1S/C16H26N4O2/c1-14(2)17-8-10-19-12-11-18(13-19)9-7-15-3-5-16(6-4-15)20(21)22/h3-6,14,17H,7-13H2,1-2H3. The van der Waals surface area contributed by atoms with Crippen molar-refractivity contribution in [3.8, 4) is 0 Å². The number of nitrogens with one attached hydrogen (secondary N) is 1. The Hall–Kier alpha value is -1.50. The molecule has 1 aliphatic heterocycles. The van der Waals surface area contributed by atoms with Crippen molar-refractivity contribution < 1.29 is 4.92 Å². The molecular weight excluding hydrogens is 280 g/mol. The molecule has 1 aromatic rings. The molecular formula is C16H26N4O2. The van der Waals surface area contributed by atoms with Gasteiger partial charge in [0.2, 0.25) is 0 Å². The Morgan fingerprint density at radius 2 is 1.82 bits per heavy atom. The van der Waals surface area contributed by atoms with Crippen molar-refractivity contribution in [2.24, 2.45) is 0 Å². The van der Waals surface area contributed by atoms with Gasteiger partial charge in [-0.3, -0.25) is 19.9 Å². The molecule has 6 nitrogen and oxygen atoms in total. The first-order valence-electron chi connectivity index (χ1n) is 7.96. The summed E-state index contributed by atoms with van der Waals surface area (Å²) >= 11 is 0. The topological polar surface area (TPSA) is 61.6 Å². The Labute approximate surface area is 132 Å². The minimum Gasteiger partial charge on any atom is -0.313 e. The van der Waals surface area contributed by atoms with E-state index in [1.807, 2.05) is 12.1 Å². The second-order valence-electron chi connectivity index (χ2n) is 6.16. The molecule has 1 saturated heterocycles. The van der Waals surface area contributed by atoms with E-state index in [1.165, 1.54) is 0 Å². The van der Waals surface area contributed by atoms with Gasteiger partial charge >= 0.3 is 0 Å². The molecule has 0 aliphatic carbocycles. The van der Waals surface area contributed by atoms with E-state index in [9.17, 15) is 10.1 Å². The van der Waals surface area contributed by atoms with Crippen molar-refractivity contribution in [3.63, 3.8) is 0 Å². The zero-order chi connectivity index (χ0) is 15.9. The molecule has 1 aromatic carbocycles. The summed E-state index contributed by atoms with van der Waals surface area (Å²) in [5, 5.41) is 14.1. The molecule has 0 spiro atoms. The second kappa shape index (κ2) is 8.22. The molecule has 1 aliphatic rings. The van der Waals surface area contributed by atoms with Crippen LogP contribution in [0.15, 0.2) is 24.3 Å². The van der Waals surface area contributed by atoms with Crippen LogP contribution in [0.4, 0.5) is 5.69 Å². The number of non-ortho nitro benzene ring substituents is 1. The van der Waals surface area contributed by atoms with Crippen molar-refractivity contribution in [2.75, 3.05) is 39.4 Å². The van der Waals surface area contributed by atoms with Crippen LogP contribution in [0.2, 0.25) is 0 Å². The number of nitro groups is 1. The lowest BCUT2D eigenvalue weighted by Gasteiger charge is -2.19. The van der Waals surface area contributed by atoms with Crippen LogP contribution in [0.5, 0.6) is 0 Å². The van der Waals surface area contributed by atoms with Crippen molar-refractivity contribution in [3.05, 3.63) is 39.9 Å². The van der Waals surface area contributed by atoms with Gasteiger partial charge in [-0.05, 0) is 12.0 Å². The lowest BCUT2D eigenvalue weighted by atomic mass is 10.1. The number of benzene rings is 1. The Morgan fingerprint density at radius 3 is 2.41 bits per heavy atom. The first-order valence-corrected chi connectivity index (χ1v) is 7.96. The largest absolute Gasteiger partial charge is 0.313 e. The van der Waals surface area contributed by atoms with E-state index in [0.717, 1.165) is 51.4 Å². The molecule has 0 amide bonds. The van der Waals surface area contributed by atoms with Gasteiger partial charge < -0.3 is 5.32 Å². The molecule has 1 N–H and O–H groups in total. The summed E-state index contributed by atoms with van der Waals surface area (Å²) < 4.78 is 0. The SMILES string of the molecule is CC(C)NCCN1CCN(CCc2ccc([N+](=O)[O-])cc2)C1. The number of nitro benzene ring substituents is 1. The minimum atomic E-state index is -0.354. The van der Waals surface area contributed by atoms with Crippen molar-refractivity contribution in [1.82, 2.24) is 15.1 Å². The highest BCUT2D eigenvalue weighted by atomic mass is 16.6. The molecule has 2 rings (SSSR count). The Balaban J connectivity index is 1.68. The third-order valence-electron chi connectivity index (χ3n) is 3.98. The molecule has 6 heteroatoms. The molecule has 22 heavy (non-hydrogen) atoms. The predicted molar refractivity (Wildman–Crippen MR) is 88.0 cm³/mol. The van der Waals surface area contributed by atoms with Crippen molar-refractivity contribution >= 4 is 5.69 Å². The van der Waals surface area contributed by atoms with Gasteiger partial charge in [0.25, 0.3) is 5.69 Å². The highest BCUT2D eigenvalue weighted by molar-refractivity contribution is 5.32. The molecule has 0 aromatic heterocycles. The van der Waals surface area contributed by atoms with Crippen LogP contribution in [0.25, 0.3) is 0 Å². The van der Waals surface area contributed by atoms with E-state index in [4.69, 9.17) is 0 Å². The molecule has 0 saturated carbocycles. The molecule has 0 bridgehead atoms.